The van der Waals surface area contributed by atoms with Gasteiger partial charge in [0.1, 0.15) is 0 Å². The van der Waals surface area contributed by atoms with Crippen LogP contribution in [0.3, 0.4) is 0 Å². The van der Waals surface area contributed by atoms with Gasteiger partial charge in [-0.3, -0.25) is 10.2 Å². The van der Waals surface area contributed by atoms with E-state index in [1.165, 1.54) is 17.7 Å². The fourth-order valence-corrected chi connectivity index (χ4v) is 2.96. The topological polar surface area (TPSA) is 58.4 Å². The molecule has 1 aromatic carbocycles. The van der Waals surface area contributed by atoms with E-state index in [9.17, 15) is 4.79 Å². The highest BCUT2D eigenvalue weighted by molar-refractivity contribution is 5.75. The van der Waals surface area contributed by atoms with Gasteiger partial charge < -0.3 is 4.90 Å². The highest BCUT2D eigenvalue weighted by Gasteiger charge is 2.20. The zero-order valence-corrected chi connectivity index (χ0v) is 12.3. The number of anilines is 1. The fourth-order valence-electron chi connectivity index (χ4n) is 2.96. The van der Waals surface area contributed by atoms with E-state index in [0.717, 1.165) is 32.4 Å². The molecule has 20 heavy (non-hydrogen) atoms. The number of carbonyl (C=O) groups is 1. The summed E-state index contributed by atoms with van der Waals surface area (Å²) >= 11 is 0. The number of nitrogens with zero attached hydrogens (tertiary/aromatic N) is 1. The molecule has 0 fully saturated rings. The van der Waals surface area contributed by atoms with Gasteiger partial charge in [-0.05, 0) is 36.8 Å². The lowest BCUT2D eigenvalue weighted by atomic mass is 9.93. The highest BCUT2D eigenvalue weighted by Crippen LogP contribution is 2.29. The Bertz CT molecular complexity index is 447. The normalized spacial score (nSPS) is 17.7. The first-order valence-corrected chi connectivity index (χ1v) is 7.53. The minimum Gasteiger partial charge on any atom is -0.371 e. The van der Waals surface area contributed by atoms with Crippen LogP contribution < -0.4 is 16.2 Å². The average molecular weight is 275 g/mol. The molecule has 1 aromatic rings. The van der Waals surface area contributed by atoms with Crippen molar-refractivity contribution in [2.75, 3.05) is 18.0 Å². The van der Waals surface area contributed by atoms with Crippen LogP contribution in [0.5, 0.6) is 0 Å². The van der Waals surface area contributed by atoms with Crippen LogP contribution >= 0.6 is 0 Å². The van der Waals surface area contributed by atoms with Gasteiger partial charge >= 0.3 is 0 Å². The largest absolute Gasteiger partial charge is 0.371 e. The van der Waals surface area contributed by atoms with Gasteiger partial charge in [0.05, 0.1) is 0 Å². The van der Waals surface area contributed by atoms with E-state index >= 15 is 0 Å². The zero-order valence-electron chi connectivity index (χ0n) is 12.3. The average Bonchev–Trinajstić information content (AvgIpc) is 2.46. The summed E-state index contributed by atoms with van der Waals surface area (Å²) < 4.78 is 0. The number of benzene rings is 1. The molecule has 1 aliphatic heterocycles. The first-order valence-electron chi connectivity index (χ1n) is 7.53. The van der Waals surface area contributed by atoms with Crippen molar-refractivity contribution in [1.82, 2.24) is 5.43 Å². The summed E-state index contributed by atoms with van der Waals surface area (Å²) in [7, 11) is 0. The van der Waals surface area contributed by atoms with Gasteiger partial charge in [-0.1, -0.05) is 31.5 Å². The Hall–Kier alpha value is -1.55. The first-order chi connectivity index (χ1) is 9.70. The molecular formula is C16H25N3O. The summed E-state index contributed by atoms with van der Waals surface area (Å²) in [6.45, 7) is 4.53. The number of unbranched alkanes of at least 4 members (excludes halogenated alkanes) is 2. The molecule has 1 aliphatic rings. The van der Waals surface area contributed by atoms with Crippen molar-refractivity contribution in [3.8, 4) is 0 Å². The van der Waals surface area contributed by atoms with Gasteiger partial charge in [0.25, 0.3) is 0 Å². The number of amides is 1. The number of hydrazine groups is 1. The minimum absolute atomic E-state index is 0.0676. The number of hydrogen-bond donors (Lipinski definition) is 2. The maximum absolute atomic E-state index is 11.0. The molecule has 110 valence electrons. The third kappa shape index (κ3) is 3.97. The molecule has 4 nitrogen and oxygen atoms in total. The third-order valence-corrected chi connectivity index (χ3v) is 3.93. The van der Waals surface area contributed by atoms with Crippen molar-refractivity contribution in [2.45, 2.75) is 39.0 Å². The molecule has 1 heterocycles. The molecule has 2 rings (SSSR count). The summed E-state index contributed by atoms with van der Waals surface area (Å²) in [4.78, 5) is 13.5. The zero-order chi connectivity index (χ0) is 14.4. The molecule has 0 aliphatic carbocycles. The van der Waals surface area contributed by atoms with Gasteiger partial charge in [-0.15, -0.1) is 0 Å². The molecule has 0 bridgehead atoms. The lowest BCUT2D eigenvalue weighted by Gasteiger charge is -2.35. The maximum atomic E-state index is 11.0. The molecule has 3 N–H and O–H groups in total. The van der Waals surface area contributed by atoms with Crippen LogP contribution in [0.1, 0.15) is 38.2 Å². The van der Waals surface area contributed by atoms with E-state index in [0.29, 0.717) is 12.3 Å². The van der Waals surface area contributed by atoms with Gasteiger partial charge in [-0.25, -0.2) is 5.84 Å². The van der Waals surface area contributed by atoms with Crippen LogP contribution in [0.2, 0.25) is 0 Å². The summed E-state index contributed by atoms with van der Waals surface area (Å²) in [6, 6.07) is 8.71. The number of para-hydroxylation sites is 1. The Balaban J connectivity index is 1.80. The fraction of sp³-hybridized carbons (Fsp3) is 0.562. The first kappa shape index (κ1) is 14.9. The molecule has 0 saturated heterocycles. The maximum Gasteiger partial charge on any atom is 0.233 e. The van der Waals surface area contributed by atoms with Crippen molar-refractivity contribution in [1.29, 1.82) is 0 Å². The summed E-state index contributed by atoms with van der Waals surface area (Å²) in [6.07, 6.45) is 4.82. The predicted octanol–water partition coefficient (Wildman–Crippen LogP) is 2.24. The Morgan fingerprint density at radius 1 is 1.35 bits per heavy atom. The summed E-state index contributed by atoms with van der Waals surface area (Å²) in [5.74, 6) is 5.71. The van der Waals surface area contributed by atoms with Crippen molar-refractivity contribution in [3.63, 3.8) is 0 Å². The Labute approximate surface area is 121 Å². The quantitative estimate of drug-likeness (QED) is 0.362. The van der Waals surface area contributed by atoms with Crippen LogP contribution in [0.15, 0.2) is 24.3 Å². The van der Waals surface area contributed by atoms with E-state index in [1.807, 2.05) is 0 Å². The monoisotopic (exact) mass is 275 g/mol. The minimum atomic E-state index is -0.0676. The van der Waals surface area contributed by atoms with Crippen LogP contribution in [0.25, 0.3) is 0 Å². The standard InChI is InChI=1S/C16H25N3O/c1-13-11-14-7-4-5-8-15(14)19(12-13)10-6-2-3-9-16(20)18-17/h4-5,7-8,13H,2-3,6,9-12,17H2,1H3,(H,18,20). The number of nitrogens with one attached hydrogen (secondary N) is 1. The number of hydrogen-bond acceptors (Lipinski definition) is 3. The number of fused-ring (bicyclic) bond motifs is 1. The smallest absolute Gasteiger partial charge is 0.233 e. The van der Waals surface area contributed by atoms with Crippen molar-refractivity contribution in [3.05, 3.63) is 29.8 Å². The lowest BCUT2D eigenvalue weighted by Crippen LogP contribution is -2.35. The van der Waals surface area contributed by atoms with Crippen LogP contribution in [-0.2, 0) is 11.2 Å². The van der Waals surface area contributed by atoms with Crippen LogP contribution in [0.4, 0.5) is 5.69 Å². The summed E-state index contributed by atoms with van der Waals surface area (Å²) in [5.41, 5.74) is 5.03. The van der Waals surface area contributed by atoms with E-state index in [2.05, 4.69) is 41.5 Å². The Morgan fingerprint density at radius 3 is 2.95 bits per heavy atom. The molecule has 0 radical (unpaired) electrons. The Kier molecular flexibility index (Phi) is 5.41. The van der Waals surface area contributed by atoms with Crippen molar-refractivity contribution < 1.29 is 4.79 Å². The van der Waals surface area contributed by atoms with Gasteiger partial charge in [0.2, 0.25) is 5.91 Å². The molecule has 0 aromatic heterocycles. The van der Waals surface area contributed by atoms with E-state index in [-0.39, 0.29) is 5.91 Å². The van der Waals surface area contributed by atoms with E-state index in [4.69, 9.17) is 5.84 Å². The molecule has 1 amide bonds. The van der Waals surface area contributed by atoms with Crippen LogP contribution in [0, 0.1) is 5.92 Å². The van der Waals surface area contributed by atoms with E-state index < -0.39 is 0 Å². The molecule has 0 spiro atoms. The second-order valence-electron chi connectivity index (χ2n) is 5.76. The highest BCUT2D eigenvalue weighted by atomic mass is 16.2. The van der Waals surface area contributed by atoms with Crippen LogP contribution in [-0.4, -0.2) is 19.0 Å². The molecular weight excluding hydrogens is 250 g/mol. The van der Waals surface area contributed by atoms with Crippen molar-refractivity contribution in [2.24, 2.45) is 11.8 Å². The molecule has 1 atom stereocenters. The van der Waals surface area contributed by atoms with Gasteiger partial charge in [-0.2, -0.15) is 0 Å². The van der Waals surface area contributed by atoms with Gasteiger partial charge in [0.15, 0.2) is 0 Å². The number of carbonyl (C=O) groups excluding carboxylic acids is 1. The third-order valence-electron chi connectivity index (χ3n) is 3.93. The second kappa shape index (κ2) is 7.29. The van der Waals surface area contributed by atoms with Gasteiger partial charge in [0, 0.05) is 25.2 Å². The van der Waals surface area contributed by atoms with Crippen molar-refractivity contribution >= 4 is 11.6 Å². The SMILES string of the molecule is CC1Cc2ccccc2N(CCCCCC(=O)NN)C1. The predicted molar refractivity (Wildman–Crippen MR) is 82.3 cm³/mol. The number of rotatable bonds is 6. The molecule has 0 saturated carbocycles. The summed E-state index contributed by atoms with van der Waals surface area (Å²) in [5, 5.41) is 0. The molecule has 1 unspecified atom stereocenters. The molecule has 4 heteroatoms. The lowest BCUT2D eigenvalue weighted by molar-refractivity contribution is -0.121. The van der Waals surface area contributed by atoms with E-state index in [1.54, 1.807) is 0 Å². The second-order valence-corrected chi connectivity index (χ2v) is 5.76. The Morgan fingerprint density at radius 2 is 2.15 bits per heavy atom. The number of nitrogens with two attached hydrogens (primary N) is 1.